The van der Waals surface area contributed by atoms with Crippen molar-refractivity contribution in [1.29, 1.82) is 0 Å². The summed E-state index contributed by atoms with van der Waals surface area (Å²) in [6.45, 7) is 12.6. The maximum Gasteiger partial charge on any atom is 0.110 e. The smallest absolute Gasteiger partial charge is 0.110 e. The topological polar surface area (TPSA) is 15.3 Å². The Kier molecular flexibility index (Phi) is 11.7. The first-order valence-electron chi connectivity index (χ1n) is 7.24. The molecule has 0 bridgehead atoms. The SMILES string of the molecule is CCCC[SiH](CCCC)NCN(CC)CC. The maximum absolute atomic E-state index is 3.86. The van der Waals surface area contributed by atoms with Crippen LogP contribution in [-0.4, -0.2) is 33.6 Å². The van der Waals surface area contributed by atoms with Gasteiger partial charge in [0.2, 0.25) is 0 Å². The van der Waals surface area contributed by atoms with Gasteiger partial charge in [0.1, 0.15) is 8.96 Å². The zero-order valence-electron chi connectivity index (χ0n) is 11.9. The highest BCUT2D eigenvalue weighted by Gasteiger charge is 2.10. The van der Waals surface area contributed by atoms with Crippen LogP contribution in [0.3, 0.4) is 0 Å². The Morgan fingerprint density at radius 3 is 1.75 bits per heavy atom. The molecule has 98 valence electrons. The molecule has 3 heteroatoms. The molecule has 0 heterocycles. The second-order valence-electron chi connectivity index (χ2n) is 4.65. The fourth-order valence-corrected chi connectivity index (χ4v) is 4.97. The van der Waals surface area contributed by atoms with Crippen molar-refractivity contribution >= 4 is 8.96 Å². The van der Waals surface area contributed by atoms with E-state index in [0.29, 0.717) is 0 Å². The van der Waals surface area contributed by atoms with Crippen LogP contribution >= 0.6 is 0 Å². The fourth-order valence-electron chi connectivity index (χ4n) is 1.95. The van der Waals surface area contributed by atoms with Crippen LogP contribution in [0.5, 0.6) is 0 Å². The van der Waals surface area contributed by atoms with Crippen molar-refractivity contribution in [2.45, 2.75) is 65.5 Å². The summed E-state index contributed by atoms with van der Waals surface area (Å²) in [7, 11) is -0.645. The van der Waals surface area contributed by atoms with Crippen molar-refractivity contribution in [3.63, 3.8) is 0 Å². The van der Waals surface area contributed by atoms with Crippen LogP contribution in [-0.2, 0) is 0 Å². The summed E-state index contributed by atoms with van der Waals surface area (Å²) in [6.07, 6.45) is 5.54. The number of hydrogen-bond acceptors (Lipinski definition) is 2. The molecule has 0 unspecified atom stereocenters. The average molecular weight is 244 g/mol. The number of hydrogen-bond donors (Lipinski definition) is 1. The van der Waals surface area contributed by atoms with E-state index in [1.807, 2.05) is 0 Å². The van der Waals surface area contributed by atoms with Gasteiger partial charge in [0.05, 0.1) is 0 Å². The van der Waals surface area contributed by atoms with E-state index in [2.05, 4.69) is 37.6 Å². The summed E-state index contributed by atoms with van der Waals surface area (Å²) >= 11 is 0. The lowest BCUT2D eigenvalue weighted by Crippen LogP contribution is -2.42. The molecule has 0 aliphatic heterocycles. The van der Waals surface area contributed by atoms with Crippen LogP contribution in [0, 0.1) is 0 Å². The largest absolute Gasteiger partial charge is 0.328 e. The van der Waals surface area contributed by atoms with E-state index in [0.717, 1.165) is 6.67 Å². The van der Waals surface area contributed by atoms with E-state index < -0.39 is 8.96 Å². The normalized spacial score (nSPS) is 11.6. The Hall–Kier alpha value is 0.137. The Bertz CT molecular complexity index is 130. The third-order valence-electron chi connectivity index (χ3n) is 3.31. The van der Waals surface area contributed by atoms with Gasteiger partial charge in [0, 0.05) is 6.67 Å². The van der Waals surface area contributed by atoms with Gasteiger partial charge in [-0.25, -0.2) is 0 Å². The molecular formula is C13H32N2Si. The van der Waals surface area contributed by atoms with Crippen LogP contribution in [0.2, 0.25) is 12.1 Å². The minimum atomic E-state index is -0.645. The number of rotatable bonds is 11. The van der Waals surface area contributed by atoms with Crippen molar-refractivity contribution < 1.29 is 0 Å². The lowest BCUT2D eigenvalue weighted by molar-refractivity contribution is 0.299. The molecule has 0 fully saturated rings. The number of nitrogens with one attached hydrogen (secondary N) is 1. The molecule has 0 aromatic carbocycles. The quantitative estimate of drug-likeness (QED) is 0.443. The van der Waals surface area contributed by atoms with Gasteiger partial charge in [-0.05, 0) is 25.2 Å². The Balaban J connectivity index is 3.79. The number of nitrogens with zero attached hydrogens (tertiary/aromatic N) is 1. The van der Waals surface area contributed by atoms with Crippen molar-refractivity contribution in [2.24, 2.45) is 0 Å². The predicted octanol–water partition coefficient (Wildman–Crippen LogP) is 3.20. The molecule has 0 rings (SSSR count). The van der Waals surface area contributed by atoms with Gasteiger partial charge in [-0.15, -0.1) is 0 Å². The Morgan fingerprint density at radius 2 is 1.38 bits per heavy atom. The van der Waals surface area contributed by atoms with E-state index in [9.17, 15) is 0 Å². The third kappa shape index (κ3) is 8.31. The summed E-state index contributed by atoms with van der Waals surface area (Å²) in [5.41, 5.74) is 0. The standard InChI is InChI=1S/C13H32N2Si/c1-5-9-11-16(12-10-6-2)14-13-15(7-3)8-4/h14,16H,5-13H2,1-4H3. The fraction of sp³-hybridized carbons (Fsp3) is 1.00. The molecule has 0 aromatic rings. The van der Waals surface area contributed by atoms with Crippen molar-refractivity contribution in [3.05, 3.63) is 0 Å². The first-order chi connectivity index (χ1) is 7.78. The summed E-state index contributed by atoms with van der Waals surface area (Å²) in [6, 6.07) is 2.97. The molecule has 0 aliphatic rings. The highest BCUT2D eigenvalue weighted by molar-refractivity contribution is 6.56. The zero-order chi connectivity index (χ0) is 12.2. The number of unbranched alkanes of at least 4 members (excludes halogenated alkanes) is 2. The minimum absolute atomic E-state index is 0.645. The third-order valence-corrected chi connectivity index (χ3v) is 6.28. The predicted molar refractivity (Wildman–Crippen MR) is 77.5 cm³/mol. The van der Waals surface area contributed by atoms with Crippen molar-refractivity contribution in [3.8, 4) is 0 Å². The molecule has 0 saturated heterocycles. The van der Waals surface area contributed by atoms with E-state index in [4.69, 9.17) is 0 Å². The molecule has 0 spiro atoms. The first kappa shape index (κ1) is 16.1. The summed E-state index contributed by atoms with van der Waals surface area (Å²) in [5.74, 6) is 0. The molecule has 0 saturated carbocycles. The van der Waals surface area contributed by atoms with E-state index >= 15 is 0 Å². The molecule has 0 atom stereocenters. The second-order valence-corrected chi connectivity index (χ2v) is 7.60. The van der Waals surface area contributed by atoms with Crippen molar-refractivity contribution in [1.82, 2.24) is 9.88 Å². The molecule has 16 heavy (non-hydrogen) atoms. The minimum Gasteiger partial charge on any atom is -0.328 e. The van der Waals surface area contributed by atoms with Gasteiger partial charge in [-0.3, -0.25) is 4.90 Å². The molecule has 0 radical (unpaired) electrons. The van der Waals surface area contributed by atoms with Crippen LogP contribution in [0.25, 0.3) is 0 Å². The summed E-state index contributed by atoms with van der Waals surface area (Å²) in [4.78, 5) is 6.34. The van der Waals surface area contributed by atoms with Crippen LogP contribution in [0.4, 0.5) is 0 Å². The van der Waals surface area contributed by atoms with E-state index in [-0.39, 0.29) is 0 Å². The lowest BCUT2D eigenvalue weighted by Gasteiger charge is -2.23. The van der Waals surface area contributed by atoms with Gasteiger partial charge in [-0.1, -0.05) is 53.4 Å². The summed E-state index contributed by atoms with van der Waals surface area (Å²) < 4.78 is 0. The molecule has 2 nitrogen and oxygen atoms in total. The van der Waals surface area contributed by atoms with Crippen molar-refractivity contribution in [2.75, 3.05) is 19.8 Å². The van der Waals surface area contributed by atoms with Gasteiger partial charge in [-0.2, -0.15) is 0 Å². The highest BCUT2D eigenvalue weighted by atomic mass is 28.3. The lowest BCUT2D eigenvalue weighted by atomic mass is 10.4. The van der Waals surface area contributed by atoms with E-state index in [1.165, 1.54) is 50.9 Å². The van der Waals surface area contributed by atoms with Crippen LogP contribution in [0.1, 0.15) is 53.4 Å². The molecule has 0 amide bonds. The van der Waals surface area contributed by atoms with Crippen LogP contribution in [0.15, 0.2) is 0 Å². The second kappa shape index (κ2) is 11.6. The van der Waals surface area contributed by atoms with Gasteiger partial charge in [0.25, 0.3) is 0 Å². The Labute approximate surface area is 104 Å². The molecule has 0 aromatic heterocycles. The van der Waals surface area contributed by atoms with Gasteiger partial charge in [0.15, 0.2) is 0 Å². The van der Waals surface area contributed by atoms with E-state index in [1.54, 1.807) is 0 Å². The molecule has 0 aliphatic carbocycles. The monoisotopic (exact) mass is 244 g/mol. The highest BCUT2D eigenvalue weighted by Crippen LogP contribution is 2.07. The first-order valence-corrected chi connectivity index (χ1v) is 9.45. The summed E-state index contributed by atoms with van der Waals surface area (Å²) in [5, 5.41) is 0. The zero-order valence-corrected chi connectivity index (χ0v) is 13.0. The average Bonchev–Trinajstić information content (AvgIpc) is 2.32. The Morgan fingerprint density at radius 1 is 0.875 bits per heavy atom. The van der Waals surface area contributed by atoms with Gasteiger partial charge < -0.3 is 4.98 Å². The maximum atomic E-state index is 3.86. The van der Waals surface area contributed by atoms with Crippen LogP contribution < -0.4 is 4.98 Å². The molecule has 1 N–H and O–H groups in total. The molecular weight excluding hydrogens is 212 g/mol. The van der Waals surface area contributed by atoms with Gasteiger partial charge >= 0.3 is 0 Å².